The molecule has 0 aliphatic carbocycles. The summed E-state index contributed by atoms with van der Waals surface area (Å²) in [6, 6.07) is 17.3. The van der Waals surface area contributed by atoms with Gasteiger partial charge >= 0.3 is 6.09 Å². The largest absolute Gasteiger partial charge is 0.439 e. The monoisotopic (exact) mass is 287 g/mol. The summed E-state index contributed by atoms with van der Waals surface area (Å²) >= 11 is 5.85. The summed E-state index contributed by atoms with van der Waals surface area (Å²) in [6.07, 6.45) is -0.454. The van der Waals surface area contributed by atoms with Gasteiger partial charge in [0.15, 0.2) is 0 Å². The van der Waals surface area contributed by atoms with Gasteiger partial charge in [-0.1, -0.05) is 54.1 Å². The Morgan fingerprint density at radius 2 is 1.80 bits per heavy atom. The maximum absolute atomic E-state index is 11.9. The highest BCUT2D eigenvalue weighted by Gasteiger charge is 2.31. The Balaban J connectivity index is 1.70. The van der Waals surface area contributed by atoms with Crippen molar-refractivity contribution in [3.05, 3.63) is 70.7 Å². The molecule has 2 aromatic rings. The van der Waals surface area contributed by atoms with Crippen LogP contribution in [-0.4, -0.2) is 17.5 Å². The Hall–Kier alpha value is -2.00. The number of halogens is 1. The van der Waals surface area contributed by atoms with Crippen LogP contribution in [0.4, 0.5) is 4.79 Å². The lowest BCUT2D eigenvalue weighted by Gasteiger charge is -2.13. The molecule has 1 atom stereocenters. The van der Waals surface area contributed by atoms with E-state index in [0.29, 0.717) is 18.1 Å². The molecule has 2 aromatic carbocycles. The van der Waals surface area contributed by atoms with Crippen LogP contribution >= 0.6 is 11.6 Å². The second kappa shape index (κ2) is 5.55. The van der Waals surface area contributed by atoms with Crippen LogP contribution in [0.15, 0.2) is 54.6 Å². The van der Waals surface area contributed by atoms with E-state index >= 15 is 0 Å². The minimum absolute atomic E-state index is 0.184. The molecule has 20 heavy (non-hydrogen) atoms. The highest BCUT2D eigenvalue weighted by atomic mass is 35.5. The molecule has 0 bridgehead atoms. The molecular formula is C16H14ClNO2. The van der Waals surface area contributed by atoms with Gasteiger partial charge in [-0.25, -0.2) is 4.79 Å². The number of amides is 1. The van der Waals surface area contributed by atoms with E-state index in [0.717, 1.165) is 11.1 Å². The van der Waals surface area contributed by atoms with Crippen molar-refractivity contribution in [3.63, 3.8) is 0 Å². The maximum Gasteiger partial charge on any atom is 0.410 e. The minimum atomic E-state index is -0.270. The lowest BCUT2D eigenvalue weighted by molar-refractivity contribution is 0.132. The van der Waals surface area contributed by atoms with Crippen molar-refractivity contribution in [3.8, 4) is 0 Å². The molecular weight excluding hydrogens is 274 g/mol. The van der Waals surface area contributed by atoms with Crippen molar-refractivity contribution in [1.82, 2.24) is 4.90 Å². The number of ether oxygens (including phenoxy) is 1. The summed E-state index contributed by atoms with van der Waals surface area (Å²) in [5.41, 5.74) is 2.07. The second-order valence-corrected chi connectivity index (χ2v) is 5.23. The number of carbonyl (C=O) groups is 1. The number of rotatable bonds is 3. The Kier molecular flexibility index (Phi) is 3.61. The maximum atomic E-state index is 11.9. The molecule has 3 rings (SSSR count). The Labute approximate surface area is 122 Å². The van der Waals surface area contributed by atoms with Crippen molar-refractivity contribution in [2.75, 3.05) is 6.54 Å². The number of nitrogens with zero attached hydrogens (tertiary/aromatic N) is 1. The third-order valence-electron chi connectivity index (χ3n) is 3.35. The Morgan fingerprint density at radius 1 is 1.10 bits per heavy atom. The van der Waals surface area contributed by atoms with E-state index in [4.69, 9.17) is 16.3 Å². The Bertz CT molecular complexity index is 598. The molecule has 1 amide bonds. The fraction of sp³-hybridized carbons (Fsp3) is 0.188. The van der Waals surface area contributed by atoms with E-state index < -0.39 is 0 Å². The van der Waals surface area contributed by atoms with E-state index in [9.17, 15) is 4.79 Å². The van der Waals surface area contributed by atoms with Crippen molar-refractivity contribution < 1.29 is 9.53 Å². The van der Waals surface area contributed by atoms with Crippen molar-refractivity contribution in [2.45, 2.75) is 12.6 Å². The fourth-order valence-corrected chi connectivity index (χ4v) is 2.41. The summed E-state index contributed by atoms with van der Waals surface area (Å²) in [5.74, 6) is 0. The first kappa shape index (κ1) is 13.0. The molecule has 0 radical (unpaired) electrons. The van der Waals surface area contributed by atoms with Gasteiger partial charge in [0.25, 0.3) is 0 Å². The highest BCUT2D eigenvalue weighted by molar-refractivity contribution is 6.30. The summed E-state index contributed by atoms with van der Waals surface area (Å²) in [5, 5.41) is 0.694. The summed E-state index contributed by atoms with van der Waals surface area (Å²) in [6.45, 7) is 1.12. The van der Waals surface area contributed by atoms with Crippen LogP contribution in [0.3, 0.4) is 0 Å². The second-order valence-electron chi connectivity index (χ2n) is 4.79. The molecule has 1 saturated heterocycles. The predicted octanol–water partition coefficient (Wildman–Crippen LogP) is 4.03. The van der Waals surface area contributed by atoms with Gasteiger partial charge < -0.3 is 4.74 Å². The third-order valence-corrected chi connectivity index (χ3v) is 3.60. The standard InChI is InChI=1S/C16H14ClNO2/c17-14-8-6-12(7-9-14)10-18-11-15(20-16(18)19)13-4-2-1-3-5-13/h1-9,15H,10-11H2/t15-/m0/s1. The normalized spacial score (nSPS) is 18.1. The van der Waals surface area contributed by atoms with Gasteiger partial charge in [0.2, 0.25) is 0 Å². The minimum Gasteiger partial charge on any atom is -0.439 e. The number of benzene rings is 2. The molecule has 1 fully saturated rings. The van der Waals surface area contributed by atoms with Crippen molar-refractivity contribution in [1.29, 1.82) is 0 Å². The van der Waals surface area contributed by atoms with Crippen molar-refractivity contribution >= 4 is 17.7 Å². The zero-order valence-corrected chi connectivity index (χ0v) is 11.6. The van der Waals surface area contributed by atoms with Gasteiger partial charge in [-0.15, -0.1) is 0 Å². The van der Waals surface area contributed by atoms with Crippen LogP contribution in [0.1, 0.15) is 17.2 Å². The van der Waals surface area contributed by atoms with Gasteiger partial charge in [0, 0.05) is 11.6 Å². The van der Waals surface area contributed by atoms with E-state index in [1.807, 2.05) is 54.6 Å². The number of hydrogen-bond donors (Lipinski definition) is 0. The van der Waals surface area contributed by atoms with Crippen LogP contribution in [0.5, 0.6) is 0 Å². The zero-order chi connectivity index (χ0) is 13.9. The first-order valence-electron chi connectivity index (χ1n) is 6.47. The van der Waals surface area contributed by atoms with Gasteiger partial charge in [0.1, 0.15) is 6.10 Å². The van der Waals surface area contributed by atoms with Crippen LogP contribution in [0.25, 0.3) is 0 Å². The van der Waals surface area contributed by atoms with Gasteiger partial charge in [-0.05, 0) is 23.3 Å². The van der Waals surface area contributed by atoms with E-state index in [1.54, 1.807) is 4.90 Å². The van der Waals surface area contributed by atoms with E-state index in [1.165, 1.54) is 0 Å². The highest BCUT2D eigenvalue weighted by Crippen LogP contribution is 2.27. The van der Waals surface area contributed by atoms with Crippen LogP contribution < -0.4 is 0 Å². The van der Waals surface area contributed by atoms with E-state index in [-0.39, 0.29) is 12.2 Å². The van der Waals surface area contributed by atoms with Crippen LogP contribution in [0, 0.1) is 0 Å². The summed E-state index contributed by atoms with van der Waals surface area (Å²) in [7, 11) is 0. The number of hydrogen-bond acceptors (Lipinski definition) is 2. The third kappa shape index (κ3) is 2.78. The average molecular weight is 288 g/mol. The van der Waals surface area contributed by atoms with Gasteiger partial charge in [-0.3, -0.25) is 4.90 Å². The predicted molar refractivity (Wildman–Crippen MR) is 77.5 cm³/mol. The molecule has 102 valence electrons. The average Bonchev–Trinajstić information content (AvgIpc) is 2.84. The van der Waals surface area contributed by atoms with E-state index in [2.05, 4.69) is 0 Å². The van der Waals surface area contributed by atoms with Crippen LogP contribution in [0.2, 0.25) is 5.02 Å². The number of carbonyl (C=O) groups excluding carboxylic acids is 1. The summed E-state index contributed by atoms with van der Waals surface area (Å²) < 4.78 is 5.42. The van der Waals surface area contributed by atoms with Crippen LogP contribution in [-0.2, 0) is 11.3 Å². The Morgan fingerprint density at radius 3 is 2.50 bits per heavy atom. The SMILES string of the molecule is O=C1O[C@H](c2ccccc2)CN1Cc1ccc(Cl)cc1. The lowest BCUT2D eigenvalue weighted by atomic mass is 10.1. The molecule has 1 aliphatic rings. The summed E-state index contributed by atoms with van der Waals surface area (Å²) in [4.78, 5) is 13.6. The quantitative estimate of drug-likeness (QED) is 0.853. The molecule has 0 saturated carbocycles. The first-order valence-corrected chi connectivity index (χ1v) is 6.85. The fourth-order valence-electron chi connectivity index (χ4n) is 2.29. The first-order chi connectivity index (χ1) is 9.72. The van der Waals surface area contributed by atoms with Gasteiger partial charge in [0.05, 0.1) is 6.54 Å². The lowest BCUT2D eigenvalue weighted by Crippen LogP contribution is -2.23. The molecule has 0 N–H and O–H groups in total. The zero-order valence-electron chi connectivity index (χ0n) is 10.8. The topological polar surface area (TPSA) is 29.5 Å². The molecule has 1 aliphatic heterocycles. The molecule has 0 aromatic heterocycles. The molecule has 3 nitrogen and oxygen atoms in total. The molecule has 0 spiro atoms. The molecule has 0 unspecified atom stereocenters. The number of cyclic esters (lactones) is 1. The van der Waals surface area contributed by atoms with Gasteiger partial charge in [-0.2, -0.15) is 0 Å². The smallest absolute Gasteiger partial charge is 0.410 e. The molecule has 4 heteroatoms. The van der Waals surface area contributed by atoms with Crippen molar-refractivity contribution in [2.24, 2.45) is 0 Å². The molecule has 1 heterocycles.